The monoisotopic (exact) mass is 564 g/mol. The summed E-state index contributed by atoms with van der Waals surface area (Å²) in [5.74, 6) is -0.185. The van der Waals surface area contributed by atoms with Gasteiger partial charge in [0.1, 0.15) is 5.82 Å². The summed E-state index contributed by atoms with van der Waals surface area (Å²) in [5, 5.41) is 2.64. The summed E-state index contributed by atoms with van der Waals surface area (Å²) in [6, 6.07) is 9.16. The lowest BCUT2D eigenvalue weighted by Gasteiger charge is -2.32. The van der Waals surface area contributed by atoms with E-state index >= 15 is 0 Å². The van der Waals surface area contributed by atoms with Crippen molar-refractivity contribution in [3.63, 3.8) is 0 Å². The van der Waals surface area contributed by atoms with Crippen molar-refractivity contribution in [1.82, 2.24) is 4.98 Å². The third-order valence-corrected chi connectivity index (χ3v) is 4.86. The molecule has 0 unspecified atom stereocenters. The number of nitrogens with two attached hydrogens (primary N) is 2. The molecule has 1 aromatic carbocycles. The zero-order valence-corrected chi connectivity index (χ0v) is 19.3. The van der Waals surface area contributed by atoms with Crippen molar-refractivity contribution in [3.05, 3.63) is 48.2 Å². The first-order valence-corrected chi connectivity index (χ1v) is 9.63. The number of aromatic nitrogens is 1. The van der Waals surface area contributed by atoms with Crippen molar-refractivity contribution in [2.24, 2.45) is 22.4 Å². The van der Waals surface area contributed by atoms with Crippen LogP contribution in [-0.2, 0) is 11.3 Å². The largest absolute Gasteiger partial charge is 0.573 e. The smallest absolute Gasteiger partial charge is 0.404 e. The lowest BCUT2D eigenvalue weighted by Crippen LogP contribution is -2.39. The van der Waals surface area contributed by atoms with Crippen LogP contribution in [0.15, 0.2) is 47.6 Å². The molecule has 1 aliphatic heterocycles. The van der Waals surface area contributed by atoms with Crippen LogP contribution in [0.2, 0.25) is 0 Å². The van der Waals surface area contributed by atoms with Gasteiger partial charge in [-0.25, -0.2) is 9.98 Å². The number of carbonyl (C=O) groups excluding carboxylic acids is 1. The van der Waals surface area contributed by atoms with Gasteiger partial charge in [-0.15, -0.1) is 37.1 Å². The number of hydrogen-bond acceptors (Lipinski definition) is 5. The number of alkyl halides is 3. The van der Waals surface area contributed by atoms with Crippen LogP contribution >= 0.6 is 24.0 Å². The first-order valence-electron chi connectivity index (χ1n) is 9.63. The van der Waals surface area contributed by atoms with Crippen molar-refractivity contribution in [2.75, 3.05) is 23.3 Å². The highest BCUT2D eigenvalue weighted by Gasteiger charge is 2.32. The minimum absolute atomic E-state index is 0. The quantitative estimate of drug-likeness (QED) is 0.282. The maximum absolute atomic E-state index is 12.6. The number of ether oxygens (including phenoxy) is 1. The molecule has 2 heterocycles. The van der Waals surface area contributed by atoms with Crippen molar-refractivity contribution in [2.45, 2.75) is 25.7 Å². The Hall–Kier alpha value is -2.77. The SMILES string of the molecule is I.NC(=O)C1CCN(c2ncccc2CN=C(N)Nc2ccccc2OC(F)(F)F)CC1. The third-order valence-electron chi connectivity index (χ3n) is 4.86. The molecule has 1 saturated heterocycles. The molecule has 1 fully saturated rings. The molecule has 0 radical (unpaired) electrons. The molecule has 0 spiro atoms. The van der Waals surface area contributed by atoms with Crippen molar-refractivity contribution >= 4 is 47.3 Å². The molecule has 12 heteroatoms. The Bertz CT molecular complexity index is 949. The highest BCUT2D eigenvalue weighted by atomic mass is 127. The molecule has 1 amide bonds. The summed E-state index contributed by atoms with van der Waals surface area (Å²) in [5.41, 5.74) is 12.1. The van der Waals surface area contributed by atoms with E-state index < -0.39 is 12.1 Å². The van der Waals surface area contributed by atoms with Gasteiger partial charge in [0.25, 0.3) is 0 Å². The van der Waals surface area contributed by atoms with Gasteiger partial charge in [0.05, 0.1) is 12.2 Å². The number of anilines is 2. The van der Waals surface area contributed by atoms with Gasteiger partial charge in [-0.1, -0.05) is 18.2 Å². The van der Waals surface area contributed by atoms with Crippen molar-refractivity contribution in [1.29, 1.82) is 0 Å². The first kappa shape index (κ1) is 25.5. The van der Waals surface area contributed by atoms with Crippen LogP contribution in [0.5, 0.6) is 5.75 Å². The van der Waals surface area contributed by atoms with E-state index in [0.29, 0.717) is 25.9 Å². The summed E-state index contributed by atoms with van der Waals surface area (Å²) in [4.78, 5) is 22.1. The highest BCUT2D eigenvalue weighted by molar-refractivity contribution is 14.0. The third kappa shape index (κ3) is 7.14. The number of primary amides is 1. The van der Waals surface area contributed by atoms with Crippen LogP contribution in [0, 0.1) is 5.92 Å². The predicted octanol–water partition coefficient (Wildman–Crippen LogP) is 3.23. The van der Waals surface area contributed by atoms with Gasteiger partial charge < -0.3 is 26.4 Å². The Morgan fingerprint density at radius 3 is 2.53 bits per heavy atom. The van der Waals surface area contributed by atoms with Crippen LogP contribution in [0.3, 0.4) is 0 Å². The van der Waals surface area contributed by atoms with Gasteiger partial charge >= 0.3 is 6.36 Å². The molecule has 3 rings (SSSR count). The lowest BCUT2D eigenvalue weighted by molar-refractivity contribution is -0.274. The fraction of sp³-hybridized carbons (Fsp3) is 0.350. The molecule has 174 valence electrons. The Morgan fingerprint density at radius 1 is 1.19 bits per heavy atom. The number of nitrogens with one attached hydrogen (secondary N) is 1. The van der Waals surface area contributed by atoms with Crippen LogP contribution in [0.4, 0.5) is 24.7 Å². The summed E-state index contributed by atoms with van der Waals surface area (Å²) >= 11 is 0. The standard InChI is InChI=1S/C20H23F3N6O2.HI/c21-20(22,23)31-16-6-2-1-5-15(16)28-19(25)27-12-14-4-3-9-26-18(14)29-10-7-13(8-11-29)17(24)30;/h1-6,9,13H,7-8,10-12H2,(H2,24,30)(H3,25,27,28);1H. The summed E-state index contributed by atoms with van der Waals surface area (Å²) in [7, 11) is 0. The van der Waals surface area contributed by atoms with Crippen LogP contribution in [0.25, 0.3) is 0 Å². The molecule has 32 heavy (non-hydrogen) atoms. The van der Waals surface area contributed by atoms with Gasteiger partial charge in [-0.2, -0.15) is 0 Å². The van der Waals surface area contributed by atoms with E-state index in [0.717, 1.165) is 11.4 Å². The number of hydrogen-bond donors (Lipinski definition) is 3. The first-order chi connectivity index (χ1) is 14.7. The molecule has 5 N–H and O–H groups in total. The maximum Gasteiger partial charge on any atom is 0.573 e. The second-order valence-electron chi connectivity index (χ2n) is 7.02. The Balaban J connectivity index is 0.00000363. The highest BCUT2D eigenvalue weighted by Crippen LogP contribution is 2.30. The van der Waals surface area contributed by atoms with E-state index in [1.54, 1.807) is 18.3 Å². The van der Waals surface area contributed by atoms with Crippen molar-refractivity contribution in [3.8, 4) is 5.75 Å². The number of piperidine rings is 1. The number of rotatable bonds is 6. The van der Waals surface area contributed by atoms with Crippen LogP contribution < -0.4 is 26.4 Å². The number of carbonyl (C=O) groups is 1. The lowest BCUT2D eigenvalue weighted by atomic mass is 9.96. The zero-order valence-electron chi connectivity index (χ0n) is 17.0. The average Bonchev–Trinajstić information content (AvgIpc) is 2.73. The number of benzene rings is 1. The second-order valence-corrected chi connectivity index (χ2v) is 7.02. The average molecular weight is 564 g/mol. The van der Waals surface area contributed by atoms with Gasteiger partial charge in [-0.05, 0) is 31.0 Å². The number of halogens is 4. The maximum atomic E-state index is 12.6. The second kappa shape index (κ2) is 11.2. The number of pyridine rings is 1. The van der Waals surface area contributed by atoms with E-state index in [9.17, 15) is 18.0 Å². The molecule has 1 aliphatic rings. The van der Waals surface area contributed by atoms with E-state index in [4.69, 9.17) is 11.5 Å². The fourth-order valence-corrected chi connectivity index (χ4v) is 3.35. The molecular weight excluding hydrogens is 540 g/mol. The van der Waals surface area contributed by atoms with Gasteiger partial charge in [0.15, 0.2) is 11.7 Å². The Labute approximate surface area is 200 Å². The van der Waals surface area contributed by atoms with Gasteiger partial charge in [0.2, 0.25) is 5.91 Å². The number of guanidine groups is 1. The molecule has 0 bridgehead atoms. The molecular formula is C20H24F3IN6O2. The van der Waals surface area contributed by atoms with Crippen molar-refractivity contribution < 1.29 is 22.7 Å². The number of amides is 1. The Morgan fingerprint density at radius 2 is 1.88 bits per heavy atom. The Kier molecular flexibility index (Phi) is 8.92. The van der Waals surface area contributed by atoms with E-state index in [-0.39, 0.29) is 54.0 Å². The molecule has 8 nitrogen and oxygen atoms in total. The number of nitrogens with zero attached hydrogens (tertiary/aromatic N) is 3. The number of para-hydroxylation sites is 2. The normalized spacial score (nSPS) is 15.1. The molecule has 0 saturated carbocycles. The topological polar surface area (TPSA) is 119 Å². The number of aliphatic imine (C=N–C) groups is 1. The fourth-order valence-electron chi connectivity index (χ4n) is 3.35. The minimum atomic E-state index is -4.82. The van der Waals surface area contributed by atoms with E-state index in [2.05, 4.69) is 24.9 Å². The predicted molar refractivity (Wildman–Crippen MR) is 126 cm³/mol. The molecule has 1 aromatic heterocycles. The van der Waals surface area contributed by atoms with E-state index in [1.165, 1.54) is 18.2 Å². The zero-order chi connectivity index (χ0) is 22.4. The van der Waals surface area contributed by atoms with Gasteiger partial charge in [0, 0.05) is 30.8 Å². The van der Waals surface area contributed by atoms with E-state index in [1.807, 2.05) is 6.07 Å². The van der Waals surface area contributed by atoms with Crippen LogP contribution in [0.1, 0.15) is 18.4 Å². The molecule has 2 aromatic rings. The molecule has 0 atom stereocenters. The van der Waals surface area contributed by atoms with Gasteiger partial charge in [-0.3, -0.25) is 4.79 Å². The summed E-state index contributed by atoms with van der Waals surface area (Å²) in [6.45, 7) is 1.44. The van der Waals surface area contributed by atoms with Crippen LogP contribution in [-0.4, -0.2) is 36.3 Å². The molecule has 0 aliphatic carbocycles. The summed E-state index contributed by atoms with van der Waals surface area (Å²) in [6.07, 6.45) is -1.87. The summed E-state index contributed by atoms with van der Waals surface area (Å²) < 4.78 is 41.7. The minimum Gasteiger partial charge on any atom is -0.404 e.